The normalized spacial score (nSPS) is 19.6. The Morgan fingerprint density at radius 1 is 1.16 bits per heavy atom. The van der Waals surface area contributed by atoms with Gasteiger partial charge in [-0.1, -0.05) is 17.7 Å². The van der Waals surface area contributed by atoms with Gasteiger partial charge in [-0.25, -0.2) is 12.7 Å². The Balaban J connectivity index is 1.35. The summed E-state index contributed by atoms with van der Waals surface area (Å²) in [6.45, 7) is 3.71. The van der Waals surface area contributed by atoms with Crippen molar-refractivity contribution in [2.75, 3.05) is 26.2 Å². The SMILES string of the molecule is Cc1ccc(OCC(=O)NCC2CCN(S(=O)(=O)C3CC3)CC2)cc1. The third kappa shape index (κ3) is 4.95. The average molecular weight is 366 g/mol. The van der Waals surface area contributed by atoms with E-state index in [4.69, 9.17) is 4.74 Å². The number of piperidine rings is 1. The van der Waals surface area contributed by atoms with Crippen molar-refractivity contribution < 1.29 is 17.9 Å². The van der Waals surface area contributed by atoms with E-state index in [1.807, 2.05) is 31.2 Å². The Labute approximate surface area is 149 Å². The molecule has 1 amide bonds. The number of sulfonamides is 1. The molecule has 2 aliphatic rings. The molecule has 1 heterocycles. The first-order valence-electron chi connectivity index (χ1n) is 8.90. The van der Waals surface area contributed by atoms with Crippen LogP contribution in [0.2, 0.25) is 0 Å². The van der Waals surface area contributed by atoms with Gasteiger partial charge in [-0.3, -0.25) is 4.79 Å². The van der Waals surface area contributed by atoms with Crippen LogP contribution in [-0.4, -0.2) is 50.1 Å². The molecular formula is C18H26N2O4S. The van der Waals surface area contributed by atoms with Crippen molar-refractivity contribution in [1.82, 2.24) is 9.62 Å². The van der Waals surface area contributed by atoms with Crippen LogP contribution in [0.4, 0.5) is 0 Å². The van der Waals surface area contributed by atoms with Crippen molar-refractivity contribution in [1.29, 1.82) is 0 Å². The largest absolute Gasteiger partial charge is 0.484 e. The second-order valence-electron chi connectivity index (χ2n) is 6.99. The lowest BCUT2D eigenvalue weighted by Crippen LogP contribution is -2.43. The van der Waals surface area contributed by atoms with Crippen molar-refractivity contribution >= 4 is 15.9 Å². The second kappa shape index (κ2) is 7.74. The van der Waals surface area contributed by atoms with Gasteiger partial charge in [-0.15, -0.1) is 0 Å². The highest BCUT2D eigenvalue weighted by atomic mass is 32.2. The topological polar surface area (TPSA) is 75.7 Å². The second-order valence-corrected chi connectivity index (χ2v) is 9.21. The molecule has 0 atom stereocenters. The van der Waals surface area contributed by atoms with E-state index in [1.54, 1.807) is 4.31 Å². The van der Waals surface area contributed by atoms with Crippen molar-refractivity contribution in [3.05, 3.63) is 29.8 Å². The fourth-order valence-corrected chi connectivity index (χ4v) is 4.91. The smallest absolute Gasteiger partial charge is 0.257 e. The van der Waals surface area contributed by atoms with Crippen LogP contribution in [0.3, 0.4) is 0 Å². The molecule has 1 N–H and O–H groups in total. The first-order chi connectivity index (χ1) is 11.9. The van der Waals surface area contributed by atoms with Gasteiger partial charge >= 0.3 is 0 Å². The molecule has 0 spiro atoms. The molecule has 0 aromatic heterocycles. The van der Waals surface area contributed by atoms with E-state index >= 15 is 0 Å². The Hall–Kier alpha value is -1.60. The minimum atomic E-state index is -3.06. The number of amides is 1. The van der Waals surface area contributed by atoms with Gasteiger partial charge in [0, 0.05) is 19.6 Å². The number of nitrogens with zero attached hydrogens (tertiary/aromatic N) is 1. The summed E-state index contributed by atoms with van der Waals surface area (Å²) in [7, 11) is -3.06. The summed E-state index contributed by atoms with van der Waals surface area (Å²) in [6, 6.07) is 7.57. The summed E-state index contributed by atoms with van der Waals surface area (Å²) >= 11 is 0. The number of carbonyl (C=O) groups excluding carboxylic acids is 1. The van der Waals surface area contributed by atoms with E-state index < -0.39 is 10.0 Å². The first-order valence-corrected chi connectivity index (χ1v) is 10.4. The first kappa shape index (κ1) is 18.2. The molecule has 2 fully saturated rings. The van der Waals surface area contributed by atoms with E-state index in [-0.39, 0.29) is 17.8 Å². The number of rotatable bonds is 7. The molecule has 1 aliphatic heterocycles. The molecule has 0 bridgehead atoms. The summed E-state index contributed by atoms with van der Waals surface area (Å²) in [4.78, 5) is 11.9. The average Bonchev–Trinajstić information content (AvgIpc) is 3.45. The number of ether oxygens (including phenoxy) is 1. The molecule has 1 aromatic rings. The number of hydrogen-bond acceptors (Lipinski definition) is 4. The highest BCUT2D eigenvalue weighted by molar-refractivity contribution is 7.90. The molecule has 138 valence electrons. The van der Waals surface area contributed by atoms with E-state index in [0.29, 0.717) is 31.3 Å². The summed E-state index contributed by atoms with van der Waals surface area (Å²) < 4.78 is 31.5. The van der Waals surface area contributed by atoms with E-state index in [2.05, 4.69) is 5.32 Å². The zero-order chi connectivity index (χ0) is 17.9. The quantitative estimate of drug-likeness (QED) is 0.797. The van der Waals surface area contributed by atoms with Crippen LogP contribution < -0.4 is 10.1 Å². The summed E-state index contributed by atoms with van der Waals surface area (Å²) in [5, 5.41) is 2.75. The maximum Gasteiger partial charge on any atom is 0.257 e. The van der Waals surface area contributed by atoms with Gasteiger partial charge in [0.1, 0.15) is 5.75 Å². The highest BCUT2D eigenvalue weighted by Crippen LogP contribution is 2.33. The third-order valence-electron chi connectivity index (χ3n) is 4.86. The summed E-state index contributed by atoms with van der Waals surface area (Å²) in [5.74, 6) is 0.863. The maximum atomic E-state index is 12.2. The lowest BCUT2D eigenvalue weighted by atomic mass is 9.98. The standard InChI is InChI=1S/C18H26N2O4S/c1-14-2-4-16(5-3-14)24-13-18(21)19-12-15-8-10-20(11-9-15)25(22,23)17-6-7-17/h2-5,15,17H,6-13H2,1H3,(H,19,21). The van der Waals surface area contributed by atoms with Crippen LogP contribution >= 0.6 is 0 Å². The third-order valence-corrected chi connectivity index (χ3v) is 7.26. The molecule has 3 rings (SSSR count). The predicted octanol–water partition coefficient (Wildman–Crippen LogP) is 1.69. The monoisotopic (exact) mass is 366 g/mol. The molecule has 25 heavy (non-hydrogen) atoms. The molecule has 1 saturated carbocycles. The number of nitrogens with one attached hydrogen (secondary N) is 1. The zero-order valence-corrected chi connectivity index (χ0v) is 15.4. The van der Waals surface area contributed by atoms with Crippen molar-refractivity contribution in [2.45, 2.75) is 37.9 Å². The molecule has 1 aromatic carbocycles. The molecule has 6 nitrogen and oxygen atoms in total. The number of carbonyl (C=O) groups is 1. The van der Waals surface area contributed by atoms with E-state index in [0.717, 1.165) is 31.2 Å². The predicted molar refractivity (Wildman–Crippen MR) is 95.9 cm³/mol. The van der Waals surface area contributed by atoms with Crippen LogP contribution in [0.25, 0.3) is 0 Å². The molecule has 0 unspecified atom stereocenters. The van der Waals surface area contributed by atoms with Gasteiger partial charge in [-0.05, 0) is 50.7 Å². The fourth-order valence-electron chi connectivity index (χ4n) is 3.04. The van der Waals surface area contributed by atoms with Gasteiger partial charge in [0.05, 0.1) is 5.25 Å². The van der Waals surface area contributed by atoms with Crippen molar-refractivity contribution in [3.63, 3.8) is 0 Å². The Kier molecular flexibility index (Phi) is 5.64. The maximum absolute atomic E-state index is 12.2. The molecule has 1 saturated heterocycles. The lowest BCUT2D eigenvalue weighted by Gasteiger charge is -2.31. The Morgan fingerprint density at radius 2 is 1.80 bits per heavy atom. The van der Waals surface area contributed by atoms with Gasteiger partial charge in [0.2, 0.25) is 10.0 Å². The number of benzene rings is 1. The summed E-state index contributed by atoms with van der Waals surface area (Å²) in [6.07, 6.45) is 3.20. The van der Waals surface area contributed by atoms with Crippen molar-refractivity contribution in [3.8, 4) is 5.75 Å². The number of aryl methyl sites for hydroxylation is 1. The van der Waals surface area contributed by atoms with Gasteiger partial charge in [-0.2, -0.15) is 0 Å². The Bertz CT molecular complexity index is 690. The van der Waals surface area contributed by atoms with Crippen LogP contribution in [0.5, 0.6) is 5.75 Å². The van der Waals surface area contributed by atoms with Gasteiger partial charge in [0.15, 0.2) is 6.61 Å². The molecular weight excluding hydrogens is 340 g/mol. The van der Waals surface area contributed by atoms with Crippen molar-refractivity contribution in [2.24, 2.45) is 5.92 Å². The van der Waals surface area contributed by atoms with Crippen LogP contribution in [0.1, 0.15) is 31.2 Å². The van der Waals surface area contributed by atoms with Crippen LogP contribution in [0, 0.1) is 12.8 Å². The van der Waals surface area contributed by atoms with Crippen LogP contribution in [0.15, 0.2) is 24.3 Å². The molecule has 0 radical (unpaired) electrons. The van der Waals surface area contributed by atoms with Gasteiger partial charge in [0.25, 0.3) is 5.91 Å². The molecule has 7 heteroatoms. The van der Waals surface area contributed by atoms with E-state index in [1.165, 1.54) is 0 Å². The minimum absolute atomic E-state index is 0.00202. The van der Waals surface area contributed by atoms with Gasteiger partial charge < -0.3 is 10.1 Å². The van der Waals surface area contributed by atoms with E-state index in [9.17, 15) is 13.2 Å². The fraction of sp³-hybridized carbons (Fsp3) is 0.611. The lowest BCUT2D eigenvalue weighted by molar-refractivity contribution is -0.123. The zero-order valence-electron chi connectivity index (χ0n) is 14.6. The summed E-state index contributed by atoms with van der Waals surface area (Å²) in [5.41, 5.74) is 1.15. The highest BCUT2D eigenvalue weighted by Gasteiger charge is 2.41. The Morgan fingerprint density at radius 3 is 2.40 bits per heavy atom. The van der Waals surface area contributed by atoms with Crippen LogP contribution in [-0.2, 0) is 14.8 Å². The minimum Gasteiger partial charge on any atom is -0.484 e. The number of hydrogen-bond donors (Lipinski definition) is 1. The molecule has 1 aliphatic carbocycles.